The fourth-order valence-corrected chi connectivity index (χ4v) is 7.87. The van der Waals surface area contributed by atoms with E-state index >= 15 is 0 Å². The predicted octanol–water partition coefficient (Wildman–Crippen LogP) is -0.774. The summed E-state index contributed by atoms with van der Waals surface area (Å²) in [6.45, 7) is 2.80. The van der Waals surface area contributed by atoms with Crippen LogP contribution in [0.4, 0.5) is 5.69 Å². The largest absolute Gasteiger partial charge is 1.00 e. The van der Waals surface area contributed by atoms with Gasteiger partial charge in [-0.1, -0.05) is 11.6 Å². The van der Waals surface area contributed by atoms with Gasteiger partial charge in [-0.25, -0.2) is 0 Å². The number of ether oxygens (including phenoxy) is 3. The van der Waals surface area contributed by atoms with Crippen LogP contribution in [0.2, 0.25) is 0 Å². The summed E-state index contributed by atoms with van der Waals surface area (Å²) < 4.78 is 17.6. The van der Waals surface area contributed by atoms with E-state index in [0.717, 1.165) is 30.9 Å². The Morgan fingerprint density at radius 2 is 2.03 bits per heavy atom. The monoisotopic (exact) mass is 430 g/mol. The number of piperidine rings is 2. The number of fused-ring (bicyclic) bond motifs is 2. The molecule has 7 rings (SSSR count). The molecule has 5 heterocycles. The number of nitrogens with zero attached hydrogens (tertiary/aromatic N) is 2. The number of hydrogen-bond acceptors (Lipinski definition) is 5. The number of benzene rings is 1. The summed E-state index contributed by atoms with van der Waals surface area (Å²) in [5.41, 5.74) is 3.85. The van der Waals surface area contributed by atoms with Crippen molar-refractivity contribution in [3.63, 3.8) is 0 Å². The molecular weight excluding hydrogens is 404 g/mol. The highest BCUT2D eigenvalue weighted by molar-refractivity contribution is 5.99. The smallest absolute Gasteiger partial charge is 1.00 e. The molecule has 5 aliphatic heterocycles. The highest BCUT2D eigenvalue weighted by atomic mass is 35.5. The normalized spacial score (nSPS) is 39.7. The first-order valence-electron chi connectivity index (χ1n) is 10.8. The quantitative estimate of drug-likeness (QED) is 0.577. The SMILES string of the molecule is COc1cc2c(cc1OC)[C@@]13CCN4CC5=CCO[C@H]6CC(=O)N2[C@H]1C6[C@H]5C[C@H]43.[Cl-].[H+]. The third kappa shape index (κ3) is 1.96. The minimum atomic E-state index is -0.0242. The average Bonchev–Trinajstić information content (AvgIpc) is 3.20. The lowest BCUT2D eigenvalue weighted by Gasteiger charge is -2.58. The van der Waals surface area contributed by atoms with E-state index in [0.29, 0.717) is 36.7 Å². The van der Waals surface area contributed by atoms with E-state index in [2.05, 4.69) is 21.9 Å². The number of halogens is 1. The van der Waals surface area contributed by atoms with Gasteiger partial charge in [-0.05, 0) is 36.9 Å². The lowest BCUT2D eigenvalue weighted by atomic mass is 9.53. The van der Waals surface area contributed by atoms with Gasteiger partial charge in [0.25, 0.3) is 0 Å². The molecule has 0 aromatic heterocycles. The topological polar surface area (TPSA) is 51.2 Å². The van der Waals surface area contributed by atoms with Crippen LogP contribution in [0.15, 0.2) is 23.8 Å². The van der Waals surface area contributed by atoms with Crippen LogP contribution in [0.1, 0.15) is 26.3 Å². The maximum absolute atomic E-state index is 13.5. The Morgan fingerprint density at radius 1 is 1.23 bits per heavy atom. The highest BCUT2D eigenvalue weighted by Crippen LogP contribution is 2.66. The van der Waals surface area contributed by atoms with Crippen LogP contribution in [-0.2, 0) is 14.9 Å². The van der Waals surface area contributed by atoms with Crippen LogP contribution in [0.5, 0.6) is 11.5 Å². The minimum Gasteiger partial charge on any atom is -1.00 e. The fourth-order valence-electron chi connectivity index (χ4n) is 7.87. The molecule has 6 aliphatic rings. The third-order valence-electron chi connectivity index (χ3n) is 8.81. The van der Waals surface area contributed by atoms with Gasteiger partial charge in [-0.3, -0.25) is 9.69 Å². The number of anilines is 1. The van der Waals surface area contributed by atoms with Crippen LogP contribution in [-0.4, -0.2) is 62.9 Å². The Hall–Kier alpha value is -1.76. The van der Waals surface area contributed by atoms with E-state index in [-0.39, 0.29) is 37.3 Å². The molecule has 2 bridgehead atoms. The second kappa shape index (κ2) is 6.15. The standard InChI is InChI=1S/C23H26N2O4.ClH/c1-27-16-8-14-15(9-17(16)28-2)25-20(26)10-18-21-13-7-19-23(14,22(21)25)4-5-24(19)11-12(13)3-6-29-18;/h3,8-9,13,18-19,21-22H,4-7,10-11H2,1-2H3;1H/t13-,18-,19-,21?,22-,23+;/m0./s1. The number of rotatable bonds is 2. The molecule has 7 heteroatoms. The summed E-state index contributed by atoms with van der Waals surface area (Å²) in [6.07, 6.45) is 5.11. The van der Waals surface area contributed by atoms with Gasteiger partial charge in [-0.2, -0.15) is 0 Å². The zero-order valence-corrected chi connectivity index (χ0v) is 18.0. The lowest BCUT2D eigenvalue weighted by molar-refractivity contribution is -0.132. The van der Waals surface area contributed by atoms with E-state index in [4.69, 9.17) is 14.2 Å². The van der Waals surface area contributed by atoms with Crippen molar-refractivity contribution < 1.29 is 32.8 Å². The zero-order chi connectivity index (χ0) is 19.5. The molecule has 6 nitrogen and oxygen atoms in total. The first kappa shape index (κ1) is 19.0. The first-order chi connectivity index (χ1) is 14.2. The van der Waals surface area contributed by atoms with E-state index in [1.54, 1.807) is 19.8 Å². The van der Waals surface area contributed by atoms with E-state index < -0.39 is 0 Å². The van der Waals surface area contributed by atoms with Crippen molar-refractivity contribution in [2.45, 2.75) is 42.9 Å². The fraction of sp³-hybridized carbons (Fsp3) is 0.609. The molecule has 3 saturated heterocycles. The van der Waals surface area contributed by atoms with E-state index in [1.165, 1.54) is 12.0 Å². The van der Waals surface area contributed by atoms with Crippen LogP contribution < -0.4 is 26.8 Å². The van der Waals surface area contributed by atoms with E-state index in [1.807, 2.05) is 6.07 Å². The number of methoxy groups -OCH3 is 2. The van der Waals surface area contributed by atoms with Gasteiger partial charge in [-0.15, -0.1) is 0 Å². The Bertz CT molecular complexity index is 987. The Balaban J connectivity index is 0.00000102. The Kier molecular flexibility index (Phi) is 3.89. The predicted molar refractivity (Wildman–Crippen MR) is 108 cm³/mol. The maximum atomic E-state index is 13.5. The molecule has 1 unspecified atom stereocenters. The molecule has 30 heavy (non-hydrogen) atoms. The summed E-state index contributed by atoms with van der Waals surface area (Å²) in [7, 11) is 3.36. The third-order valence-corrected chi connectivity index (χ3v) is 8.81. The number of carbonyl (C=O) groups excluding carboxylic acids is 1. The highest BCUT2D eigenvalue weighted by Gasteiger charge is 2.71. The maximum Gasteiger partial charge on any atom is 1.00 e. The molecule has 1 spiro atoms. The second-order valence-corrected chi connectivity index (χ2v) is 9.48. The number of carbonyl (C=O) groups is 1. The summed E-state index contributed by atoms with van der Waals surface area (Å²) in [5.74, 6) is 2.57. The zero-order valence-electron chi connectivity index (χ0n) is 18.3. The average molecular weight is 431 g/mol. The van der Waals surface area contributed by atoms with Crippen LogP contribution >= 0.6 is 0 Å². The number of hydrogen-bond donors (Lipinski definition) is 0. The summed E-state index contributed by atoms with van der Waals surface area (Å²) in [6, 6.07) is 4.87. The molecule has 160 valence electrons. The molecule has 1 aromatic carbocycles. The van der Waals surface area contributed by atoms with Crippen molar-refractivity contribution in [1.29, 1.82) is 0 Å². The molecule has 4 fully saturated rings. The van der Waals surface area contributed by atoms with Crippen molar-refractivity contribution in [2.24, 2.45) is 11.8 Å². The lowest BCUT2D eigenvalue weighted by Crippen LogP contribution is -3.00. The van der Waals surface area contributed by atoms with Gasteiger partial charge in [0.2, 0.25) is 5.91 Å². The molecule has 0 N–H and O–H groups in total. The Labute approximate surface area is 184 Å². The van der Waals surface area contributed by atoms with Gasteiger partial charge in [0.15, 0.2) is 11.5 Å². The summed E-state index contributed by atoms with van der Waals surface area (Å²) in [4.78, 5) is 18.3. The Morgan fingerprint density at radius 3 is 2.83 bits per heavy atom. The summed E-state index contributed by atoms with van der Waals surface area (Å²) in [5, 5.41) is 0. The summed E-state index contributed by atoms with van der Waals surface area (Å²) >= 11 is 0. The van der Waals surface area contributed by atoms with Crippen molar-refractivity contribution in [3.8, 4) is 11.5 Å². The molecule has 6 atom stereocenters. The van der Waals surface area contributed by atoms with Gasteiger partial charge in [0.05, 0.1) is 45.1 Å². The van der Waals surface area contributed by atoms with Crippen molar-refractivity contribution in [2.75, 3.05) is 38.8 Å². The molecular formula is C23H27ClN2O4. The van der Waals surface area contributed by atoms with Crippen molar-refractivity contribution in [3.05, 3.63) is 29.3 Å². The number of amides is 1. The molecule has 1 amide bonds. The minimum absolute atomic E-state index is 0. The van der Waals surface area contributed by atoms with Gasteiger partial charge in [0, 0.05) is 30.0 Å². The van der Waals surface area contributed by atoms with Gasteiger partial charge >= 0.3 is 1.43 Å². The van der Waals surface area contributed by atoms with Crippen LogP contribution in [0, 0.1) is 11.8 Å². The second-order valence-electron chi connectivity index (χ2n) is 9.48. The van der Waals surface area contributed by atoms with Crippen LogP contribution in [0.25, 0.3) is 0 Å². The first-order valence-corrected chi connectivity index (χ1v) is 10.8. The molecule has 1 aromatic rings. The molecule has 1 aliphatic carbocycles. The molecule has 0 radical (unpaired) electrons. The van der Waals surface area contributed by atoms with Crippen LogP contribution in [0.3, 0.4) is 0 Å². The van der Waals surface area contributed by atoms with E-state index in [9.17, 15) is 4.79 Å². The van der Waals surface area contributed by atoms with Gasteiger partial charge < -0.3 is 31.5 Å². The van der Waals surface area contributed by atoms with Crippen molar-refractivity contribution in [1.82, 2.24) is 4.90 Å². The van der Waals surface area contributed by atoms with Crippen molar-refractivity contribution >= 4 is 11.6 Å². The molecule has 1 saturated carbocycles. The van der Waals surface area contributed by atoms with Gasteiger partial charge in [0.1, 0.15) is 0 Å².